The Bertz CT molecular complexity index is 413. The van der Waals surface area contributed by atoms with Crippen molar-refractivity contribution < 1.29 is 5.11 Å². The fourth-order valence-corrected chi connectivity index (χ4v) is 2.78. The monoisotopic (exact) mass is 252 g/mol. The first-order chi connectivity index (χ1) is 8.54. The molecule has 1 fully saturated rings. The lowest BCUT2D eigenvalue weighted by molar-refractivity contribution is 0.222. The van der Waals surface area contributed by atoms with Gasteiger partial charge in [-0.25, -0.2) is 0 Å². The van der Waals surface area contributed by atoms with Gasteiger partial charge in [0.05, 0.1) is 11.4 Å². The zero-order valence-corrected chi connectivity index (χ0v) is 11.5. The predicted octanol–water partition coefficient (Wildman–Crippen LogP) is 1.70. The summed E-state index contributed by atoms with van der Waals surface area (Å²) in [5.41, 5.74) is 7.85. The van der Waals surface area contributed by atoms with Crippen LogP contribution in [0.2, 0.25) is 0 Å². The van der Waals surface area contributed by atoms with E-state index in [0.717, 1.165) is 36.5 Å². The molecule has 5 nitrogen and oxygen atoms in total. The number of rotatable bonds is 4. The molecule has 1 saturated carbocycles. The minimum absolute atomic E-state index is 0.243. The van der Waals surface area contributed by atoms with E-state index >= 15 is 0 Å². The zero-order valence-electron chi connectivity index (χ0n) is 11.5. The number of nitrogen functional groups attached to an aromatic ring is 1. The third kappa shape index (κ3) is 2.32. The molecule has 2 atom stereocenters. The van der Waals surface area contributed by atoms with E-state index in [4.69, 9.17) is 5.73 Å². The van der Waals surface area contributed by atoms with E-state index < -0.39 is 0 Å². The first-order valence-corrected chi connectivity index (χ1v) is 6.74. The Morgan fingerprint density at radius 2 is 2.22 bits per heavy atom. The summed E-state index contributed by atoms with van der Waals surface area (Å²) >= 11 is 0. The molecule has 1 aromatic heterocycles. The van der Waals surface area contributed by atoms with Crippen LogP contribution in [-0.2, 0) is 7.05 Å². The second kappa shape index (κ2) is 5.18. The van der Waals surface area contributed by atoms with Crippen LogP contribution in [0.1, 0.15) is 44.7 Å². The van der Waals surface area contributed by atoms with Crippen molar-refractivity contribution in [2.45, 2.75) is 45.1 Å². The number of aliphatic hydroxyl groups is 1. The maximum atomic E-state index is 9.35. The maximum absolute atomic E-state index is 9.35. The number of nitrogens with zero attached hydrogens (tertiary/aromatic N) is 2. The lowest BCUT2D eigenvalue weighted by Crippen LogP contribution is -2.27. The highest BCUT2D eigenvalue weighted by molar-refractivity contribution is 5.66. The van der Waals surface area contributed by atoms with E-state index in [1.54, 1.807) is 0 Å². The number of aliphatic hydroxyl groups excluding tert-OH is 1. The second-order valence-electron chi connectivity index (χ2n) is 5.55. The molecule has 18 heavy (non-hydrogen) atoms. The van der Waals surface area contributed by atoms with E-state index in [9.17, 15) is 5.11 Å². The van der Waals surface area contributed by atoms with Gasteiger partial charge in [0.1, 0.15) is 5.82 Å². The van der Waals surface area contributed by atoms with Gasteiger partial charge in [-0.1, -0.05) is 20.3 Å². The number of nitrogens with one attached hydrogen (secondary N) is 1. The summed E-state index contributed by atoms with van der Waals surface area (Å²) in [6.45, 7) is 4.43. The topological polar surface area (TPSA) is 76.1 Å². The van der Waals surface area contributed by atoms with Crippen LogP contribution in [0.25, 0.3) is 0 Å². The molecule has 0 saturated heterocycles. The quantitative estimate of drug-likeness (QED) is 0.762. The van der Waals surface area contributed by atoms with E-state index in [-0.39, 0.29) is 6.61 Å². The molecule has 0 bridgehead atoms. The fourth-order valence-electron chi connectivity index (χ4n) is 2.78. The number of hydrogen-bond acceptors (Lipinski definition) is 4. The SMILES string of the molecule is CC(C)c1nn(C)c(NC2CCCC2CO)c1N. The van der Waals surface area contributed by atoms with Gasteiger partial charge in [-0.15, -0.1) is 0 Å². The average molecular weight is 252 g/mol. The number of nitrogens with two attached hydrogens (primary N) is 1. The Morgan fingerprint density at radius 3 is 2.78 bits per heavy atom. The first-order valence-electron chi connectivity index (χ1n) is 6.74. The van der Waals surface area contributed by atoms with Crippen LogP contribution in [0.5, 0.6) is 0 Å². The van der Waals surface area contributed by atoms with Crippen molar-refractivity contribution in [2.24, 2.45) is 13.0 Å². The van der Waals surface area contributed by atoms with Crippen molar-refractivity contribution in [3.63, 3.8) is 0 Å². The fraction of sp³-hybridized carbons (Fsp3) is 0.769. The van der Waals surface area contributed by atoms with Crippen LogP contribution >= 0.6 is 0 Å². The lowest BCUT2D eigenvalue weighted by atomic mass is 10.0. The average Bonchev–Trinajstić information content (AvgIpc) is 2.88. The molecular formula is C13H24N4O. The number of aromatic nitrogens is 2. The van der Waals surface area contributed by atoms with Crippen LogP contribution in [0, 0.1) is 5.92 Å². The number of hydrogen-bond donors (Lipinski definition) is 3. The molecule has 102 valence electrons. The molecular weight excluding hydrogens is 228 g/mol. The minimum Gasteiger partial charge on any atom is -0.396 e. The maximum Gasteiger partial charge on any atom is 0.148 e. The number of aryl methyl sites for hydroxylation is 1. The molecule has 1 aliphatic rings. The van der Waals surface area contributed by atoms with Gasteiger partial charge in [0.2, 0.25) is 0 Å². The van der Waals surface area contributed by atoms with Gasteiger partial charge in [-0.3, -0.25) is 4.68 Å². The normalized spacial score (nSPS) is 23.8. The summed E-state index contributed by atoms with van der Waals surface area (Å²) in [6, 6.07) is 0.313. The van der Waals surface area contributed by atoms with Gasteiger partial charge < -0.3 is 16.2 Å². The Labute approximate surface area is 108 Å². The van der Waals surface area contributed by atoms with Crippen LogP contribution in [0.15, 0.2) is 0 Å². The molecule has 5 heteroatoms. The molecule has 0 amide bonds. The van der Waals surface area contributed by atoms with Gasteiger partial charge in [0.15, 0.2) is 0 Å². The van der Waals surface area contributed by atoms with Crippen molar-refractivity contribution in [3.05, 3.63) is 5.69 Å². The summed E-state index contributed by atoms with van der Waals surface area (Å²) in [5, 5.41) is 17.3. The number of anilines is 2. The standard InChI is InChI=1S/C13H24N4O/c1-8(2)12-11(14)13(17(3)16-12)15-10-6-4-5-9(10)7-18/h8-10,15,18H,4-7,14H2,1-3H3. The Hall–Kier alpha value is -1.23. The highest BCUT2D eigenvalue weighted by atomic mass is 16.3. The minimum atomic E-state index is 0.243. The third-order valence-electron chi connectivity index (χ3n) is 3.87. The molecule has 0 aromatic carbocycles. The van der Waals surface area contributed by atoms with Gasteiger partial charge in [-0.05, 0) is 18.8 Å². The van der Waals surface area contributed by atoms with Crippen LogP contribution in [0.3, 0.4) is 0 Å². The third-order valence-corrected chi connectivity index (χ3v) is 3.87. The highest BCUT2D eigenvalue weighted by Crippen LogP contribution is 2.32. The molecule has 0 radical (unpaired) electrons. The van der Waals surface area contributed by atoms with Crippen LogP contribution < -0.4 is 11.1 Å². The van der Waals surface area contributed by atoms with Crippen molar-refractivity contribution in [1.29, 1.82) is 0 Å². The van der Waals surface area contributed by atoms with E-state index in [1.807, 2.05) is 11.7 Å². The molecule has 1 aromatic rings. The molecule has 1 aliphatic carbocycles. The van der Waals surface area contributed by atoms with Gasteiger partial charge in [0.25, 0.3) is 0 Å². The van der Waals surface area contributed by atoms with Crippen molar-refractivity contribution in [2.75, 3.05) is 17.7 Å². The summed E-state index contributed by atoms with van der Waals surface area (Å²) in [4.78, 5) is 0. The van der Waals surface area contributed by atoms with Gasteiger partial charge in [-0.2, -0.15) is 5.10 Å². The Balaban J connectivity index is 2.18. The van der Waals surface area contributed by atoms with E-state index in [0.29, 0.717) is 17.9 Å². The van der Waals surface area contributed by atoms with Crippen molar-refractivity contribution >= 4 is 11.5 Å². The summed E-state index contributed by atoms with van der Waals surface area (Å²) in [7, 11) is 1.91. The van der Waals surface area contributed by atoms with E-state index in [1.165, 1.54) is 0 Å². The molecule has 0 aliphatic heterocycles. The second-order valence-corrected chi connectivity index (χ2v) is 5.55. The molecule has 1 heterocycles. The summed E-state index contributed by atoms with van der Waals surface area (Å²) in [6.07, 6.45) is 3.34. The Kier molecular flexibility index (Phi) is 3.80. The van der Waals surface area contributed by atoms with Gasteiger partial charge in [0, 0.05) is 25.6 Å². The molecule has 4 N–H and O–H groups in total. The van der Waals surface area contributed by atoms with Crippen LogP contribution in [-0.4, -0.2) is 27.5 Å². The molecule has 0 spiro atoms. The highest BCUT2D eigenvalue weighted by Gasteiger charge is 2.28. The van der Waals surface area contributed by atoms with Crippen molar-refractivity contribution in [1.82, 2.24) is 9.78 Å². The zero-order chi connectivity index (χ0) is 13.3. The van der Waals surface area contributed by atoms with Crippen LogP contribution in [0.4, 0.5) is 11.5 Å². The Morgan fingerprint density at radius 1 is 1.50 bits per heavy atom. The van der Waals surface area contributed by atoms with Crippen molar-refractivity contribution in [3.8, 4) is 0 Å². The van der Waals surface area contributed by atoms with E-state index in [2.05, 4.69) is 24.3 Å². The largest absolute Gasteiger partial charge is 0.396 e. The molecule has 2 rings (SSSR count). The first kappa shape index (κ1) is 13.2. The summed E-state index contributed by atoms with van der Waals surface area (Å²) in [5.74, 6) is 1.55. The lowest BCUT2D eigenvalue weighted by Gasteiger charge is -2.20. The summed E-state index contributed by atoms with van der Waals surface area (Å²) < 4.78 is 1.82. The van der Waals surface area contributed by atoms with Gasteiger partial charge >= 0.3 is 0 Å². The predicted molar refractivity (Wildman–Crippen MR) is 73.5 cm³/mol. The smallest absolute Gasteiger partial charge is 0.148 e. The molecule has 2 unspecified atom stereocenters.